The quantitative estimate of drug-likeness (QED) is 0.896. The zero-order valence-corrected chi connectivity index (χ0v) is 12.2. The third kappa shape index (κ3) is 2.11. The molecule has 1 aliphatic heterocycles. The number of nitrogens with two attached hydrogens (primary N) is 1. The van der Waals surface area contributed by atoms with Crippen LogP contribution >= 0.6 is 0 Å². The van der Waals surface area contributed by atoms with Gasteiger partial charge in [0.1, 0.15) is 17.5 Å². The summed E-state index contributed by atoms with van der Waals surface area (Å²) in [7, 11) is 1.89. The Hall–Kier alpha value is -2.11. The Balaban J connectivity index is 1.90. The minimum absolute atomic E-state index is 0.332. The third-order valence-electron chi connectivity index (χ3n) is 3.74. The molecule has 2 aromatic heterocycles. The molecule has 0 spiro atoms. The standard InChI is InChI=1S/C14H20N6/c1-9(2)14-16-6-4-12(17-14)20-7-5-11-10(8-20)13(15)19(3)18-11/h4,6,9H,5,7-8,15H2,1-3H3. The van der Waals surface area contributed by atoms with Crippen LogP contribution in [0.5, 0.6) is 0 Å². The minimum atomic E-state index is 0.332. The van der Waals surface area contributed by atoms with E-state index in [2.05, 4.69) is 33.8 Å². The number of nitrogens with zero attached hydrogens (tertiary/aromatic N) is 5. The monoisotopic (exact) mass is 272 g/mol. The molecule has 0 amide bonds. The first kappa shape index (κ1) is 12.9. The molecule has 6 heteroatoms. The molecule has 0 atom stereocenters. The summed E-state index contributed by atoms with van der Waals surface area (Å²) in [5.74, 6) is 2.94. The van der Waals surface area contributed by atoms with Crippen LogP contribution < -0.4 is 10.6 Å². The van der Waals surface area contributed by atoms with Crippen LogP contribution in [0.25, 0.3) is 0 Å². The van der Waals surface area contributed by atoms with Gasteiger partial charge in [-0.3, -0.25) is 4.68 Å². The lowest BCUT2D eigenvalue weighted by Crippen LogP contribution is -2.31. The maximum atomic E-state index is 6.08. The normalized spacial score (nSPS) is 14.7. The van der Waals surface area contributed by atoms with Crippen molar-refractivity contribution in [2.45, 2.75) is 32.7 Å². The Morgan fingerprint density at radius 2 is 2.15 bits per heavy atom. The second kappa shape index (κ2) is 4.77. The van der Waals surface area contributed by atoms with E-state index in [0.29, 0.717) is 5.92 Å². The van der Waals surface area contributed by atoms with Crippen LogP contribution in [0.2, 0.25) is 0 Å². The topological polar surface area (TPSA) is 72.9 Å². The van der Waals surface area contributed by atoms with Crippen LogP contribution in [0.1, 0.15) is 36.8 Å². The van der Waals surface area contributed by atoms with Crippen molar-refractivity contribution < 1.29 is 0 Å². The average molecular weight is 272 g/mol. The maximum Gasteiger partial charge on any atom is 0.133 e. The van der Waals surface area contributed by atoms with E-state index in [-0.39, 0.29) is 0 Å². The van der Waals surface area contributed by atoms with Crippen molar-refractivity contribution in [2.24, 2.45) is 7.05 Å². The van der Waals surface area contributed by atoms with E-state index in [1.165, 1.54) is 0 Å². The van der Waals surface area contributed by atoms with Gasteiger partial charge in [-0.1, -0.05) is 13.8 Å². The summed E-state index contributed by atoms with van der Waals surface area (Å²) in [6.45, 7) is 5.89. The van der Waals surface area contributed by atoms with Crippen molar-refractivity contribution in [1.82, 2.24) is 19.7 Å². The van der Waals surface area contributed by atoms with E-state index in [0.717, 1.165) is 48.2 Å². The van der Waals surface area contributed by atoms with Crippen molar-refractivity contribution in [3.8, 4) is 0 Å². The van der Waals surface area contributed by atoms with E-state index < -0.39 is 0 Å². The number of rotatable bonds is 2. The van der Waals surface area contributed by atoms with Gasteiger partial charge in [0.15, 0.2) is 0 Å². The van der Waals surface area contributed by atoms with Crippen molar-refractivity contribution in [1.29, 1.82) is 0 Å². The molecule has 0 bridgehead atoms. The summed E-state index contributed by atoms with van der Waals surface area (Å²) < 4.78 is 1.76. The molecular weight excluding hydrogens is 252 g/mol. The summed E-state index contributed by atoms with van der Waals surface area (Å²) in [5, 5.41) is 4.46. The molecule has 0 aliphatic carbocycles. The molecule has 0 aromatic carbocycles. The molecule has 3 heterocycles. The summed E-state index contributed by atoms with van der Waals surface area (Å²) in [5.41, 5.74) is 8.32. The number of hydrogen-bond acceptors (Lipinski definition) is 5. The van der Waals surface area contributed by atoms with E-state index in [9.17, 15) is 0 Å². The Labute approximate surface area is 118 Å². The van der Waals surface area contributed by atoms with Gasteiger partial charge in [-0.15, -0.1) is 0 Å². The number of anilines is 2. The molecule has 0 saturated heterocycles. The van der Waals surface area contributed by atoms with Crippen LogP contribution in [-0.2, 0) is 20.0 Å². The van der Waals surface area contributed by atoms with Crippen LogP contribution in [0.4, 0.5) is 11.6 Å². The van der Waals surface area contributed by atoms with Crippen LogP contribution in [-0.4, -0.2) is 26.3 Å². The first-order valence-corrected chi connectivity index (χ1v) is 6.94. The summed E-state index contributed by atoms with van der Waals surface area (Å²) in [4.78, 5) is 11.2. The summed E-state index contributed by atoms with van der Waals surface area (Å²) in [6, 6.07) is 1.96. The smallest absolute Gasteiger partial charge is 0.133 e. The molecular formula is C14H20N6. The van der Waals surface area contributed by atoms with Gasteiger partial charge in [0.05, 0.1) is 5.69 Å². The van der Waals surface area contributed by atoms with Gasteiger partial charge in [0, 0.05) is 44.2 Å². The molecule has 6 nitrogen and oxygen atoms in total. The minimum Gasteiger partial charge on any atom is -0.384 e. The highest BCUT2D eigenvalue weighted by molar-refractivity contribution is 5.50. The molecule has 106 valence electrons. The highest BCUT2D eigenvalue weighted by Gasteiger charge is 2.23. The fourth-order valence-electron chi connectivity index (χ4n) is 2.54. The fraction of sp³-hybridized carbons (Fsp3) is 0.500. The van der Waals surface area contributed by atoms with Crippen LogP contribution in [0, 0.1) is 0 Å². The SMILES string of the molecule is CC(C)c1nccc(N2CCc3nn(C)c(N)c3C2)n1. The number of nitrogen functional groups attached to an aromatic ring is 1. The van der Waals surface area contributed by atoms with E-state index in [1.807, 2.05) is 19.3 Å². The first-order chi connectivity index (χ1) is 9.56. The number of aryl methyl sites for hydroxylation is 1. The predicted molar refractivity (Wildman–Crippen MR) is 78.5 cm³/mol. The molecule has 2 N–H and O–H groups in total. The highest BCUT2D eigenvalue weighted by atomic mass is 15.3. The van der Waals surface area contributed by atoms with Crippen molar-refractivity contribution in [3.05, 3.63) is 29.3 Å². The Morgan fingerprint density at radius 1 is 1.35 bits per heavy atom. The van der Waals surface area contributed by atoms with E-state index in [4.69, 9.17) is 5.73 Å². The molecule has 0 fully saturated rings. The Morgan fingerprint density at radius 3 is 2.90 bits per heavy atom. The van der Waals surface area contributed by atoms with Crippen molar-refractivity contribution in [2.75, 3.05) is 17.2 Å². The van der Waals surface area contributed by atoms with Gasteiger partial charge in [-0.2, -0.15) is 5.10 Å². The summed E-state index contributed by atoms with van der Waals surface area (Å²) in [6.07, 6.45) is 2.74. The van der Waals surface area contributed by atoms with Gasteiger partial charge >= 0.3 is 0 Å². The van der Waals surface area contributed by atoms with Crippen LogP contribution in [0.15, 0.2) is 12.3 Å². The van der Waals surface area contributed by atoms with Gasteiger partial charge in [0.2, 0.25) is 0 Å². The average Bonchev–Trinajstić information content (AvgIpc) is 2.74. The lowest BCUT2D eigenvalue weighted by molar-refractivity contribution is 0.686. The molecule has 1 aliphatic rings. The van der Waals surface area contributed by atoms with Gasteiger partial charge in [0.25, 0.3) is 0 Å². The third-order valence-corrected chi connectivity index (χ3v) is 3.74. The lowest BCUT2D eigenvalue weighted by Gasteiger charge is -2.27. The molecule has 20 heavy (non-hydrogen) atoms. The van der Waals surface area contributed by atoms with Crippen molar-refractivity contribution >= 4 is 11.6 Å². The highest BCUT2D eigenvalue weighted by Crippen LogP contribution is 2.26. The first-order valence-electron chi connectivity index (χ1n) is 6.94. The molecule has 3 rings (SSSR count). The number of hydrogen-bond donors (Lipinski definition) is 1. The number of fused-ring (bicyclic) bond motifs is 1. The fourth-order valence-corrected chi connectivity index (χ4v) is 2.54. The van der Waals surface area contributed by atoms with Crippen LogP contribution in [0.3, 0.4) is 0 Å². The Bertz CT molecular complexity index is 631. The second-order valence-corrected chi connectivity index (χ2v) is 5.53. The number of aromatic nitrogens is 4. The largest absolute Gasteiger partial charge is 0.384 e. The summed E-state index contributed by atoms with van der Waals surface area (Å²) >= 11 is 0. The zero-order chi connectivity index (χ0) is 14.3. The van der Waals surface area contributed by atoms with Gasteiger partial charge in [-0.25, -0.2) is 9.97 Å². The zero-order valence-electron chi connectivity index (χ0n) is 12.2. The molecule has 0 radical (unpaired) electrons. The van der Waals surface area contributed by atoms with Gasteiger partial charge < -0.3 is 10.6 Å². The van der Waals surface area contributed by atoms with E-state index in [1.54, 1.807) is 4.68 Å². The van der Waals surface area contributed by atoms with E-state index >= 15 is 0 Å². The second-order valence-electron chi connectivity index (χ2n) is 5.53. The lowest BCUT2D eigenvalue weighted by atomic mass is 10.1. The molecule has 0 unspecified atom stereocenters. The van der Waals surface area contributed by atoms with Gasteiger partial charge in [-0.05, 0) is 6.07 Å². The van der Waals surface area contributed by atoms with Crippen molar-refractivity contribution in [3.63, 3.8) is 0 Å². The maximum absolute atomic E-state index is 6.08. The molecule has 0 saturated carbocycles. The molecule has 2 aromatic rings. The Kier molecular flexibility index (Phi) is 3.08. The predicted octanol–water partition coefficient (Wildman–Crippen LogP) is 1.48.